The summed E-state index contributed by atoms with van der Waals surface area (Å²) < 4.78 is 11.4. The highest BCUT2D eigenvalue weighted by Gasteiger charge is 2.69. The van der Waals surface area contributed by atoms with Gasteiger partial charge in [-0.1, -0.05) is 47.7 Å². The highest BCUT2D eigenvalue weighted by molar-refractivity contribution is 8.00. The molecule has 9 heteroatoms. The van der Waals surface area contributed by atoms with Gasteiger partial charge in [-0.3, -0.25) is 19.3 Å². The van der Waals surface area contributed by atoms with Crippen molar-refractivity contribution < 1.29 is 19.1 Å². The van der Waals surface area contributed by atoms with Gasteiger partial charge in [0.05, 0.1) is 29.7 Å². The fourth-order valence-electron chi connectivity index (χ4n) is 8.08. The molecule has 2 amide bonds. The van der Waals surface area contributed by atoms with Crippen LogP contribution in [-0.4, -0.2) is 29.2 Å². The van der Waals surface area contributed by atoms with Gasteiger partial charge in [0.1, 0.15) is 18.1 Å². The molecule has 43 heavy (non-hydrogen) atoms. The number of amides is 2. The summed E-state index contributed by atoms with van der Waals surface area (Å²) in [6.45, 7) is 2.58. The number of nitrogens with one attached hydrogen (secondary N) is 1. The van der Waals surface area contributed by atoms with E-state index >= 15 is 0 Å². The molecule has 2 saturated carbocycles. The van der Waals surface area contributed by atoms with Gasteiger partial charge >= 0.3 is 4.87 Å². The first-order valence-corrected chi connectivity index (χ1v) is 16.3. The zero-order valence-corrected chi connectivity index (χ0v) is 25.3. The van der Waals surface area contributed by atoms with Gasteiger partial charge in [-0.2, -0.15) is 0 Å². The summed E-state index contributed by atoms with van der Waals surface area (Å²) >= 11 is 2.98. The standard InChI is InChI=1S/C34H30N2O5S2/c1-17-5-3-4-6-19(17)16-41-22-11-7-18(8-12-22)25-26-23-15-24(29(26)42-31-30(25)43-34(39)35-31)28-27(23)32(37)36(33(28)38)20-9-13-21(40-2)14-10-20/h3-14,23-29H,15-16H2,1-2H3,(H,35,39)/t23?,24?,25-,26?,27?,28?,29?/m1/s1. The number of thiazole rings is 1. The number of benzene rings is 3. The Bertz CT molecular complexity index is 1800. The number of anilines is 1. The molecule has 1 aromatic heterocycles. The average molecular weight is 611 g/mol. The number of H-pyrrole nitrogens is 1. The van der Waals surface area contributed by atoms with Gasteiger partial charge < -0.3 is 14.5 Å². The van der Waals surface area contributed by atoms with Crippen LogP contribution in [0.4, 0.5) is 5.69 Å². The predicted molar refractivity (Wildman–Crippen MR) is 166 cm³/mol. The molecule has 3 aromatic carbocycles. The molecule has 4 aliphatic rings. The molecule has 3 heterocycles. The van der Waals surface area contributed by atoms with Crippen molar-refractivity contribution in [2.24, 2.45) is 29.6 Å². The fourth-order valence-corrected chi connectivity index (χ4v) is 11.0. The number of imide groups is 1. The number of aromatic amines is 1. The number of hydrogen-bond donors (Lipinski definition) is 1. The first kappa shape index (κ1) is 26.8. The molecule has 218 valence electrons. The Morgan fingerprint density at radius 1 is 0.884 bits per heavy atom. The molecule has 3 fully saturated rings. The van der Waals surface area contributed by atoms with Gasteiger partial charge in [0.25, 0.3) is 0 Å². The molecule has 4 aromatic rings. The van der Waals surface area contributed by atoms with E-state index in [9.17, 15) is 14.4 Å². The molecule has 1 N–H and O–H groups in total. The van der Waals surface area contributed by atoms with Crippen LogP contribution in [0.25, 0.3) is 0 Å². The molecule has 2 bridgehead atoms. The van der Waals surface area contributed by atoms with Crippen LogP contribution < -0.4 is 19.2 Å². The third-order valence-electron chi connectivity index (χ3n) is 9.95. The Hall–Kier alpha value is -3.82. The molecule has 0 spiro atoms. The van der Waals surface area contributed by atoms with Gasteiger partial charge in [0.2, 0.25) is 11.8 Å². The molecule has 0 radical (unpaired) electrons. The maximum Gasteiger partial charge on any atom is 0.305 e. The Kier molecular flexibility index (Phi) is 6.31. The quantitative estimate of drug-likeness (QED) is 0.269. The second kappa shape index (κ2) is 10.1. The summed E-state index contributed by atoms with van der Waals surface area (Å²) in [7, 11) is 1.59. The summed E-state index contributed by atoms with van der Waals surface area (Å²) in [5.41, 5.74) is 4.06. The van der Waals surface area contributed by atoms with E-state index in [1.165, 1.54) is 21.8 Å². The smallest absolute Gasteiger partial charge is 0.305 e. The summed E-state index contributed by atoms with van der Waals surface area (Å²) in [5, 5.41) is 1.06. The zero-order valence-electron chi connectivity index (χ0n) is 23.7. The lowest BCUT2D eigenvalue weighted by atomic mass is 9.68. The maximum absolute atomic E-state index is 14.0. The first-order chi connectivity index (χ1) is 20.9. The van der Waals surface area contributed by atoms with E-state index in [4.69, 9.17) is 9.47 Å². The van der Waals surface area contributed by atoms with Crippen molar-refractivity contribution in [3.8, 4) is 11.5 Å². The van der Waals surface area contributed by atoms with E-state index in [1.54, 1.807) is 43.1 Å². The molecule has 2 aliphatic heterocycles. The van der Waals surface area contributed by atoms with E-state index in [-0.39, 0.29) is 57.4 Å². The molecular formula is C34H30N2O5S2. The number of carbonyl (C=O) groups is 2. The third kappa shape index (κ3) is 4.12. The highest BCUT2D eigenvalue weighted by atomic mass is 32.2. The number of aryl methyl sites for hydroxylation is 1. The molecule has 8 rings (SSSR count). The van der Waals surface area contributed by atoms with Crippen molar-refractivity contribution in [3.05, 3.63) is 104 Å². The summed E-state index contributed by atoms with van der Waals surface area (Å²) in [4.78, 5) is 45.8. The first-order valence-electron chi connectivity index (χ1n) is 14.6. The van der Waals surface area contributed by atoms with E-state index in [2.05, 4.69) is 36.2 Å². The van der Waals surface area contributed by atoms with E-state index < -0.39 is 0 Å². The second-order valence-corrected chi connectivity index (χ2v) is 14.2. The lowest BCUT2D eigenvalue weighted by Crippen LogP contribution is -2.42. The van der Waals surface area contributed by atoms with Crippen LogP contribution in [0, 0.1) is 36.5 Å². The van der Waals surface area contributed by atoms with Gasteiger partial charge in [-0.25, -0.2) is 0 Å². The molecule has 7 atom stereocenters. The van der Waals surface area contributed by atoms with Crippen LogP contribution in [0.3, 0.4) is 0 Å². The molecular weight excluding hydrogens is 581 g/mol. The number of carbonyl (C=O) groups excluding carboxylic acids is 2. The lowest BCUT2D eigenvalue weighted by molar-refractivity contribution is -0.123. The minimum atomic E-state index is -0.335. The Balaban J connectivity index is 1.11. The van der Waals surface area contributed by atoms with Crippen LogP contribution in [0.5, 0.6) is 11.5 Å². The van der Waals surface area contributed by atoms with Crippen LogP contribution in [0.1, 0.15) is 33.9 Å². The highest BCUT2D eigenvalue weighted by Crippen LogP contribution is 2.68. The number of methoxy groups -OCH3 is 1. The average Bonchev–Trinajstić information content (AvgIpc) is 3.76. The van der Waals surface area contributed by atoms with Crippen molar-refractivity contribution in [2.75, 3.05) is 12.0 Å². The third-order valence-corrected chi connectivity index (χ3v) is 12.5. The largest absolute Gasteiger partial charge is 0.497 e. The van der Waals surface area contributed by atoms with Crippen molar-refractivity contribution >= 4 is 40.6 Å². The van der Waals surface area contributed by atoms with Gasteiger partial charge in [-0.15, -0.1) is 11.8 Å². The number of aromatic nitrogens is 1. The number of thioether (sulfide) groups is 1. The fraction of sp³-hybridized carbons (Fsp3) is 0.324. The number of hydrogen-bond acceptors (Lipinski definition) is 7. The van der Waals surface area contributed by atoms with Crippen LogP contribution in [-0.2, 0) is 16.2 Å². The summed E-state index contributed by atoms with van der Waals surface area (Å²) in [5.74, 6) is 0.906. The topological polar surface area (TPSA) is 88.7 Å². The predicted octanol–water partition coefficient (Wildman–Crippen LogP) is 6.01. The van der Waals surface area contributed by atoms with Gasteiger partial charge in [0.15, 0.2) is 0 Å². The van der Waals surface area contributed by atoms with Crippen LogP contribution in [0.15, 0.2) is 82.6 Å². The Labute approximate surface area is 257 Å². The van der Waals surface area contributed by atoms with E-state index in [0.29, 0.717) is 18.0 Å². The number of fused-ring (bicyclic) bond motifs is 9. The molecule has 7 nitrogen and oxygen atoms in total. The number of ether oxygens (including phenoxy) is 2. The molecule has 2 aliphatic carbocycles. The van der Waals surface area contributed by atoms with Crippen molar-refractivity contribution in [2.45, 2.75) is 36.1 Å². The van der Waals surface area contributed by atoms with E-state index in [0.717, 1.165) is 33.2 Å². The van der Waals surface area contributed by atoms with Crippen molar-refractivity contribution in [3.63, 3.8) is 0 Å². The van der Waals surface area contributed by atoms with Gasteiger partial charge in [0, 0.05) is 16.0 Å². The lowest BCUT2D eigenvalue weighted by Gasteiger charge is -2.43. The SMILES string of the molecule is COc1ccc(N2C(=O)C3C4CC(C3C2=O)C2C4Sc3[nH]c(=O)sc3[C@@H]2c2ccc(OCc3ccccc3C)cc2)cc1. The zero-order chi connectivity index (χ0) is 29.4. The molecule has 1 saturated heterocycles. The Morgan fingerprint density at radius 3 is 2.30 bits per heavy atom. The number of rotatable bonds is 6. The van der Waals surface area contributed by atoms with Gasteiger partial charge in [-0.05, 0) is 84.2 Å². The molecule has 6 unspecified atom stereocenters. The van der Waals surface area contributed by atoms with Crippen LogP contribution >= 0.6 is 23.1 Å². The van der Waals surface area contributed by atoms with Crippen LogP contribution in [0.2, 0.25) is 0 Å². The monoisotopic (exact) mass is 610 g/mol. The van der Waals surface area contributed by atoms with Crippen molar-refractivity contribution in [1.82, 2.24) is 4.98 Å². The maximum atomic E-state index is 14.0. The summed E-state index contributed by atoms with van der Waals surface area (Å²) in [6, 6.07) is 23.6. The Morgan fingerprint density at radius 2 is 1.58 bits per heavy atom. The minimum Gasteiger partial charge on any atom is -0.497 e. The van der Waals surface area contributed by atoms with E-state index in [1.807, 2.05) is 24.3 Å². The summed E-state index contributed by atoms with van der Waals surface area (Å²) in [6.07, 6.45) is 0.860. The number of nitrogens with zero attached hydrogens (tertiary/aromatic N) is 1. The normalized spacial score (nSPS) is 28.5. The minimum absolute atomic E-state index is 0.0236. The second-order valence-electron chi connectivity index (χ2n) is 12.0. The van der Waals surface area contributed by atoms with Crippen molar-refractivity contribution in [1.29, 1.82) is 0 Å².